The normalized spacial score (nSPS) is 24.6. The van der Waals surface area contributed by atoms with Gasteiger partial charge in [0, 0.05) is 13.5 Å². The highest BCUT2D eigenvalue weighted by Gasteiger charge is 2.24. The first kappa shape index (κ1) is 12.0. The van der Waals surface area contributed by atoms with Gasteiger partial charge in [-0.15, -0.1) is 0 Å². The Balaban J connectivity index is 2.02. The molecule has 1 aliphatic rings. The molecule has 1 aromatic heterocycles. The maximum atomic E-state index is 13.4. The molecule has 0 spiro atoms. The molecule has 6 heteroatoms. The Morgan fingerprint density at radius 1 is 1.41 bits per heavy atom. The molecule has 0 saturated heterocycles. The molecule has 1 saturated carbocycles. The van der Waals surface area contributed by atoms with Gasteiger partial charge in [0.2, 0.25) is 11.8 Å². The fourth-order valence-corrected chi connectivity index (χ4v) is 2.03. The van der Waals surface area contributed by atoms with E-state index in [0.717, 1.165) is 31.9 Å². The van der Waals surface area contributed by atoms with E-state index in [1.54, 1.807) is 7.11 Å². The first-order valence-corrected chi connectivity index (χ1v) is 5.66. The van der Waals surface area contributed by atoms with Gasteiger partial charge in [-0.05, 0) is 19.3 Å². The van der Waals surface area contributed by atoms with Gasteiger partial charge < -0.3 is 15.2 Å². The zero-order chi connectivity index (χ0) is 12.3. The maximum Gasteiger partial charge on any atom is 0.255 e. The van der Waals surface area contributed by atoms with Crippen molar-refractivity contribution in [2.45, 2.75) is 37.9 Å². The number of methoxy groups -OCH3 is 1. The third-order valence-corrected chi connectivity index (χ3v) is 2.92. The zero-order valence-corrected chi connectivity index (χ0v) is 9.73. The largest absolute Gasteiger partial charge is 0.472 e. The number of hydrogen-bond acceptors (Lipinski definition) is 5. The van der Waals surface area contributed by atoms with E-state index in [9.17, 15) is 4.39 Å². The number of hydrogen-bond donors (Lipinski definition) is 1. The van der Waals surface area contributed by atoms with Crippen molar-refractivity contribution in [2.75, 3.05) is 12.8 Å². The van der Waals surface area contributed by atoms with Crippen LogP contribution in [0.15, 0.2) is 6.20 Å². The Labute approximate surface area is 99.2 Å². The van der Waals surface area contributed by atoms with Gasteiger partial charge in [-0.3, -0.25) is 0 Å². The Bertz CT molecular complexity index is 389. The minimum atomic E-state index is -0.584. The van der Waals surface area contributed by atoms with Crippen molar-refractivity contribution in [3.8, 4) is 5.88 Å². The van der Waals surface area contributed by atoms with Crippen molar-refractivity contribution in [3.05, 3.63) is 12.0 Å². The van der Waals surface area contributed by atoms with Gasteiger partial charge >= 0.3 is 0 Å². The number of ether oxygens (including phenoxy) is 2. The first-order valence-electron chi connectivity index (χ1n) is 5.66. The van der Waals surface area contributed by atoms with Gasteiger partial charge in [-0.25, -0.2) is 4.98 Å². The van der Waals surface area contributed by atoms with Crippen molar-refractivity contribution < 1.29 is 13.9 Å². The van der Waals surface area contributed by atoms with Crippen LogP contribution in [0.2, 0.25) is 0 Å². The quantitative estimate of drug-likeness (QED) is 0.869. The molecule has 5 nitrogen and oxygen atoms in total. The lowest BCUT2D eigenvalue weighted by atomic mass is 9.95. The summed E-state index contributed by atoms with van der Waals surface area (Å²) in [5.74, 6) is -0.640. The van der Waals surface area contributed by atoms with Gasteiger partial charge in [-0.2, -0.15) is 9.37 Å². The van der Waals surface area contributed by atoms with Crippen LogP contribution in [0, 0.1) is 5.82 Å². The summed E-state index contributed by atoms with van der Waals surface area (Å²) in [6.45, 7) is 0. The molecule has 2 N–H and O–H groups in total. The minimum absolute atomic E-state index is 0.0144. The number of nitrogens with two attached hydrogens (primary N) is 1. The highest BCUT2D eigenvalue weighted by Crippen LogP contribution is 2.25. The Morgan fingerprint density at radius 3 is 2.94 bits per heavy atom. The minimum Gasteiger partial charge on any atom is -0.472 e. The van der Waals surface area contributed by atoms with Crippen LogP contribution in [0.5, 0.6) is 5.88 Å². The van der Waals surface area contributed by atoms with Crippen molar-refractivity contribution >= 4 is 5.95 Å². The molecule has 17 heavy (non-hydrogen) atoms. The van der Waals surface area contributed by atoms with E-state index in [2.05, 4.69) is 9.97 Å². The number of nitrogens with zero attached hydrogens (tertiary/aromatic N) is 2. The fourth-order valence-electron chi connectivity index (χ4n) is 2.03. The van der Waals surface area contributed by atoms with E-state index in [1.807, 2.05) is 0 Å². The van der Waals surface area contributed by atoms with Crippen molar-refractivity contribution in [2.24, 2.45) is 0 Å². The van der Waals surface area contributed by atoms with Gasteiger partial charge in [0.1, 0.15) is 6.10 Å². The van der Waals surface area contributed by atoms with Crippen LogP contribution in [-0.4, -0.2) is 29.3 Å². The summed E-state index contributed by atoms with van der Waals surface area (Å²) in [5, 5.41) is 0. The number of nitrogen functional groups attached to an aromatic ring is 1. The average Bonchev–Trinajstić information content (AvgIpc) is 2.34. The van der Waals surface area contributed by atoms with E-state index in [0.29, 0.717) is 0 Å². The summed E-state index contributed by atoms with van der Waals surface area (Å²) in [6, 6.07) is 0. The lowest BCUT2D eigenvalue weighted by Crippen LogP contribution is -2.30. The first-order chi connectivity index (χ1) is 8.19. The van der Waals surface area contributed by atoms with Crippen molar-refractivity contribution in [3.63, 3.8) is 0 Å². The molecule has 0 radical (unpaired) electrons. The molecule has 1 aliphatic carbocycles. The molecule has 2 rings (SSSR count). The van der Waals surface area contributed by atoms with Crippen LogP contribution in [0.25, 0.3) is 0 Å². The maximum absolute atomic E-state index is 13.4. The average molecular weight is 241 g/mol. The number of aromatic nitrogens is 2. The van der Waals surface area contributed by atoms with E-state index in [4.69, 9.17) is 15.2 Å². The van der Waals surface area contributed by atoms with Crippen molar-refractivity contribution in [1.29, 1.82) is 0 Å². The summed E-state index contributed by atoms with van der Waals surface area (Å²) >= 11 is 0. The topological polar surface area (TPSA) is 70.3 Å². The van der Waals surface area contributed by atoms with Gasteiger partial charge in [0.15, 0.2) is 0 Å². The molecule has 0 amide bonds. The highest BCUT2D eigenvalue weighted by molar-refractivity contribution is 5.22. The molecule has 0 aromatic carbocycles. The van der Waals surface area contributed by atoms with Crippen LogP contribution in [0.1, 0.15) is 25.7 Å². The summed E-state index contributed by atoms with van der Waals surface area (Å²) in [6.07, 6.45) is 4.78. The van der Waals surface area contributed by atoms with Crippen LogP contribution >= 0.6 is 0 Å². The van der Waals surface area contributed by atoms with E-state index < -0.39 is 5.82 Å². The Morgan fingerprint density at radius 2 is 2.18 bits per heavy atom. The number of anilines is 1. The molecule has 1 fully saturated rings. The lowest BCUT2D eigenvalue weighted by Gasteiger charge is -2.28. The van der Waals surface area contributed by atoms with Crippen molar-refractivity contribution in [1.82, 2.24) is 9.97 Å². The van der Waals surface area contributed by atoms with E-state index in [-0.39, 0.29) is 24.0 Å². The molecule has 94 valence electrons. The summed E-state index contributed by atoms with van der Waals surface area (Å²) in [4.78, 5) is 7.30. The molecular weight excluding hydrogens is 225 g/mol. The van der Waals surface area contributed by atoms with Crippen LogP contribution in [-0.2, 0) is 4.74 Å². The van der Waals surface area contributed by atoms with E-state index >= 15 is 0 Å². The molecule has 2 atom stereocenters. The van der Waals surface area contributed by atoms with E-state index in [1.165, 1.54) is 0 Å². The third-order valence-electron chi connectivity index (χ3n) is 2.92. The summed E-state index contributed by atoms with van der Waals surface area (Å²) < 4.78 is 24.2. The Kier molecular flexibility index (Phi) is 3.73. The molecule has 2 unspecified atom stereocenters. The predicted molar refractivity (Wildman–Crippen MR) is 60.1 cm³/mol. The van der Waals surface area contributed by atoms with Gasteiger partial charge in [0.05, 0.1) is 12.3 Å². The molecular formula is C11H16FN3O2. The third kappa shape index (κ3) is 3.03. The SMILES string of the molecule is COC1CCCC(Oc2nc(N)ncc2F)C1. The van der Waals surface area contributed by atoms with Gasteiger partial charge in [-0.1, -0.05) is 0 Å². The molecule has 0 bridgehead atoms. The second kappa shape index (κ2) is 5.27. The number of rotatable bonds is 3. The predicted octanol–water partition coefficient (Wildman–Crippen LogP) is 1.53. The van der Waals surface area contributed by atoms with Crippen LogP contribution in [0.4, 0.5) is 10.3 Å². The number of halogens is 1. The molecule has 1 aromatic rings. The molecule has 1 heterocycles. The summed E-state index contributed by atoms with van der Waals surface area (Å²) in [5.41, 5.74) is 5.39. The highest BCUT2D eigenvalue weighted by atomic mass is 19.1. The Hall–Kier alpha value is -1.43. The second-order valence-corrected chi connectivity index (χ2v) is 4.15. The van der Waals surface area contributed by atoms with Crippen LogP contribution in [0.3, 0.4) is 0 Å². The smallest absolute Gasteiger partial charge is 0.255 e. The zero-order valence-electron chi connectivity index (χ0n) is 9.73. The second-order valence-electron chi connectivity index (χ2n) is 4.15. The monoisotopic (exact) mass is 241 g/mol. The fraction of sp³-hybridized carbons (Fsp3) is 0.636. The summed E-state index contributed by atoms with van der Waals surface area (Å²) in [7, 11) is 1.68. The van der Waals surface area contributed by atoms with Gasteiger partial charge in [0.25, 0.3) is 5.88 Å². The lowest BCUT2D eigenvalue weighted by molar-refractivity contribution is 0.0181. The van der Waals surface area contributed by atoms with Crippen LogP contribution < -0.4 is 10.5 Å². The molecule has 0 aliphatic heterocycles. The standard InChI is InChI=1S/C11H16FN3O2/c1-16-7-3-2-4-8(5-7)17-10-9(12)6-14-11(13)15-10/h6-8H,2-5H2,1H3,(H2,13,14,15).